The third-order valence-corrected chi connectivity index (χ3v) is 6.58. The molecule has 2 heterocycles. The Morgan fingerprint density at radius 3 is 2.65 bits per heavy atom. The van der Waals surface area contributed by atoms with Gasteiger partial charge in [0.05, 0.1) is 21.8 Å². The van der Waals surface area contributed by atoms with Crippen LogP contribution in [0.3, 0.4) is 0 Å². The minimum atomic E-state index is -0.444. The van der Waals surface area contributed by atoms with Gasteiger partial charge in [0.15, 0.2) is 10.3 Å². The summed E-state index contributed by atoms with van der Waals surface area (Å²) in [6, 6.07) is 17.1. The normalized spacial score (nSPS) is 12.1. The second-order valence-electron chi connectivity index (χ2n) is 7.02. The zero-order valence-electron chi connectivity index (χ0n) is 17.2. The summed E-state index contributed by atoms with van der Waals surface area (Å²) in [7, 11) is 0. The molecule has 0 aliphatic rings. The summed E-state index contributed by atoms with van der Waals surface area (Å²) in [5.74, 6) is -0.176. The summed E-state index contributed by atoms with van der Waals surface area (Å²) in [6.07, 6.45) is 0.801. The number of thiazole rings is 1. The number of nitrogens with one attached hydrogen (secondary N) is 1. The Labute approximate surface area is 188 Å². The molecule has 1 unspecified atom stereocenters. The molecule has 31 heavy (non-hydrogen) atoms. The van der Waals surface area contributed by atoms with Gasteiger partial charge in [-0.2, -0.15) is 0 Å². The van der Waals surface area contributed by atoms with Crippen molar-refractivity contribution in [2.24, 2.45) is 0 Å². The molecule has 1 atom stereocenters. The van der Waals surface area contributed by atoms with Crippen molar-refractivity contribution in [3.8, 4) is 11.3 Å². The van der Waals surface area contributed by atoms with Gasteiger partial charge in [0.1, 0.15) is 0 Å². The van der Waals surface area contributed by atoms with Crippen LogP contribution in [0.2, 0.25) is 0 Å². The average molecular weight is 451 g/mol. The molecule has 158 valence electrons. The van der Waals surface area contributed by atoms with Crippen molar-refractivity contribution in [1.82, 2.24) is 14.5 Å². The molecule has 0 saturated heterocycles. The fraction of sp³-hybridized carbons (Fsp3) is 0.217. The molecular weight excluding hydrogens is 428 g/mol. The SMILES string of the molecule is CCCn1c(SC(C)C(=O)Nc2nc(-c3ccccc3)cs2)nc2ccccc2c1=O. The van der Waals surface area contributed by atoms with Gasteiger partial charge in [0, 0.05) is 17.5 Å². The van der Waals surface area contributed by atoms with Gasteiger partial charge in [0.25, 0.3) is 5.56 Å². The van der Waals surface area contributed by atoms with Crippen LogP contribution in [-0.4, -0.2) is 25.7 Å². The van der Waals surface area contributed by atoms with Crippen LogP contribution >= 0.6 is 23.1 Å². The standard InChI is InChI=1S/C23H22N4O2S2/c1-3-13-27-21(29)17-11-7-8-12-18(17)25-23(27)31-15(2)20(28)26-22-24-19(14-30-22)16-9-5-4-6-10-16/h4-12,14-15H,3,13H2,1-2H3,(H,24,26,28). The molecule has 4 aromatic rings. The van der Waals surface area contributed by atoms with Crippen LogP contribution in [-0.2, 0) is 11.3 Å². The fourth-order valence-electron chi connectivity index (χ4n) is 3.15. The van der Waals surface area contributed by atoms with E-state index in [1.807, 2.05) is 67.8 Å². The molecule has 0 fully saturated rings. The molecule has 2 aromatic heterocycles. The quantitative estimate of drug-likeness (QED) is 0.315. The molecule has 0 saturated carbocycles. The number of hydrogen-bond acceptors (Lipinski definition) is 6. The number of rotatable bonds is 7. The maximum absolute atomic E-state index is 12.9. The van der Waals surface area contributed by atoms with Gasteiger partial charge < -0.3 is 5.32 Å². The summed E-state index contributed by atoms with van der Waals surface area (Å²) in [4.78, 5) is 34.9. The van der Waals surface area contributed by atoms with E-state index >= 15 is 0 Å². The van der Waals surface area contributed by atoms with Crippen molar-refractivity contribution in [3.63, 3.8) is 0 Å². The first-order valence-corrected chi connectivity index (χ1v) is 11.8. The second-order valence-corrected chi connectivity index (χ2v) is 9.19. The molecule has 0 radical (unpaired) electrons. The van der Waals surface area contributed by atoms with E-state index in [-0.39, 0.29) is 11.5 Å². The number of carbonyl (C=O) groups excluding carboxylic acids is 1. The number of benzene rings is 2. The maximum atomic E-state index is 12.9. The highest BCUT2D eigenvalue weighted by molar-refractivity contribution is 8.00. The van der Waals surface area contributed by atoms with Gasteiger partial charge in [-0.15, -0.1) is 11.3 Å². The van der Waals surface area contributed by atoms with Gasteiger partial charge >= 0.3 is 0 Å². The molecule has 6 nitrogen and oxygen atoms in total. The van der Waals surface area contributed by atoms with Crippen LogP contribution in [0.25, 0.3) is 22.2 Å². The Hall–Kier alpha value is -2.97. The van der Waals surface area contributed by atoms with E-state index in [0.717, 1.165) is 17.7 Å². The zero-order valence-corrected chi connectivity index (χ0v) is 18.9. The number of carbonyl (C=O) groups is 1. The number of hydrogen-bond donors (Lipinski definition) is 1. The lowest BCUT2D eigenvalue weighted by atomic mass is 10.2. The van der Waals surface area contributed by atoms with Crippen molar-refractivity contribution >= 4 is 45.0 Å². The topological polar surface area (TPSA) is 76.9 Å². The van der Waals surface area contributed by atoms with Crippen molar-refractivity contribution in [1.29, 1.82) is 0 Å². The molecule has 0 aliphatic carbocycles. The minimum Gasteiger partial charge on any atom is -0.301 e. The fourth-order valence-corrected chi connectivity index (χ4v) is 4.81. The highest BCUT2D eigenvalue weighted by Gasteiger charge is 2.20. The number of para-hydroxylation sites is 1. The smallest absolute Gasteiger partial charge is 0.262 e. The Morgan fingerprint density at radius 2 is 1.87 bits per heavy atom. The first kappa shape index (κ1) is 21.3. The van der Waals surface area contributed by atoms with Crippen LogP contribution < -0.4 is 10.9 Å². The molecule has 0 bridgehead atoms. The van der Waals surface area contributed by atoms with E-state index in [1.54, 1.807) is 10.6 Å². The van der Waals surface area contributed by atoms with Crippen molar-refractivity contribution < 1.29 is 4.79 Å². The van der Waals surface area contributed by atoms with Crippen LogP contribution in [0.4, 0.5) is 5.13 Å². The lowest BCUT2D eigenvalue weighted by Crippen LogP contribution is -2.27. The van der Waals surface area contributed by atoms with E-state index in [0.29, 0.717) is 27.7 Å². The molecule has 4 rings (SSSR count). The number of aromatic nitrogens is 3. The summed E-state index contributed by atoms with van der Waals surface area (Å²) in [5, 5.41) is 6.06. The second kappa shape index (κ2) is 9.45. The number of thioether (sulfide) groups is 1. The highest BCUT2D eigenvalue weighted by atomic mass is 32.2. The van der Waals surface area contributed by atoms with Crippen LogP contribution in [0.1, 0.15) is 20.3 Å². The van der Waals surface area contributed by atoms with Gasteiger partial charge in [-0.1, -0.05) is 61.2 Å². The van der Waals surface area contributed by atoms with Crippen molar-refractivity contribution in [2.45, 2.75) is 37.2 Å². The van der Waals surface area contributed by atoms with E-state index in [9.17, 15) is 9.59 Å². The molecule has 2 aromatic carbocycles. The predicted molar refractivity (Wildman–Crippen MR) is 128 cm³/mol. The number of fused-ring (bicyclic) bond motifs is 1. The largest absolute Gasteiger partial charge is 0.301 e. The lowest BCUT2D eigenvalue weighted by Gasteiger charge is -2.15. The highest BCUT2D eigenvalue weighted by Crippen LogP contribution is 2.27. The summed E-state index contributed by atoms with van der Waals surface area (Å²) in [5.41, 5.74) is 2.40. The average Bonchev–Trinajstić information content (AvgIpc) is 3.25. The van der Waals surface area contributed by atoms with Crippen LogP contribution in [0, 0.1) is 0 Å². The first-order chi connectivity index (χ1) is 15.1. The Kier molecular flexibility index (Phi) is 6.48. The Morgan fingerprint density at radius 1 is 1.13 bits per heavy atom. The van der Waals surface area contributed by atoms with E-state index in [1.165, 1.54) is 23.1 Å². The number of amides is 1. The number of anilines is 1. The Balaban J connectivity index is 1.53. The van der Waals surface area contributed by atoms with Crippen LogP contribution in [0.15, 0.2) is 69.9 Å². The first-order valence-electron chi connectivity index (χ1n) is 10.0. The molecule has 1 N–H and O–H groups in total. The van der Waals surface area contributed by atoms with Gasteiger partial charge in [-0.25, -0.2) is 9.97 Å². The molecule has 1 amide bonds. The van der Waals surface area contributed by atoms with E-state index in [4.69, 9.17) is 0 Å². The zero-order chi connectivity index (χ0) is 21.8. The van der Waals surface area contributed by atoms with Crippen LogP contribution in [0.5, 0.6) is 0 Å². The van der Waals surface area contributed by atoms with E-state index < -0.39 is 5.25 Å². The van der Waals surface area contributed by atoms with Crippen molar-refractivity contribution in [2.75, 3.05) is 5.32 Å². The molecular formula is C23H22N4O2S2. The van der Waals surface area contributed by atoms with Gasteiger partial charge in [-0.05, 0) is 25.5 Å². The predicted octanol–water partition coefficient (Wildman–Crippen LogP) is 5.05. The third-order valence-electron chi connectivity index (χ3n) is 4.73. The summed E-state index contributed by atoms with van der Waals surface area (Å²) < 4.78 is 1.66. The summed E-state index contributed by atoms with van der Waals surface area (Å²) in [6.45, 7) is 4.38. The summed E-state index contributed by atoms with van der Waals surface area (Å²) >= 11 is 2.68. The maximum Gasteiger partial charge on any atom is 0.262 e. The monoisotopic (exact) mass is 450 g/mol. The van der Waals surface area contributed by atoms with Gasteiger partial charge in [0.2, 0.25) is 5.91 Å². The molecule has 0 aliphatic heterocycles. The third kappa shape index (κ3) is 4.70. The number of nitrogens with zero attached hydrogens (tertiary/aromatic N) is 3. The molecule has 8 heteroatoms. The lowest BCUT2D eigenvalue weighted by molar-refractivity contribution is -0.115. The van der Waals surface area contributed by atoms with E-state index in [2.05, 4.69) is 15.3 Å². The van der Waals surface area contributed by atoms with Gasteiger partial charge in [-0.3, -0.25) is 14.2 Å². The minimum absolute atomic E-state index is 0.0741. The Bertz CT molecular complexity index is 1270. The molecule has 0 spiro atoms. The van der Waals surface area contributed by atoms with Crippen molar-refractivity contribution in [3.05, 3.63) is 70.3 Å².